The Hall–Kier alpha value is -2.94. The SMILES string of the molecule is CN(C)CCCOc1ccc(CN2CC(Oc3ccc(-c4ccc(S(C)(=O)=O)nc4)cc3)C2)cc1. The summed E-state index contributed by atoms with van der Waals surface area (Å²) in [4.78, 5) is 8.58. The van der Waals surface area contributed by atoms with Crippen LogP contribution in [-0.4, -0.2) is 75.9 Å². The summed E-state index contributed by atoms with van der Waals surface area (Å²) in [5.41, 5.74) is 3.10. The second-order valence-corrected chi connectivity index (χ2v) is 11.2. The van der Waals surface area contributed by atoms with E-state index in [9.17, 15) is 8.42 Å². The van der Waals surface area contributed by atoms with Crippen molar-refractivity contribution < 1.29 is 17.9 Å². The third-order valence-electron chi connectivity index (χ3n) is 5.88. The van der Waals surface area contributed by atoms with E-state index in [1.54, 1.807) is 12.3 Å². The van der Waals surface area contributed by atoms with Crippen LogP contribution in [0.5, 0.6) is 11.5 Å². The third kappa shape index (κ3) is 7.27. The zero-order valence-corrected chi connectivity index (χ0v) is 21.4. The van der Waals surface area contributed by atoms with Crippen LogP contribution in [-0.2, 0) is 16.4 Å². The molecule has 0 spiro atoms. The summed E-state index contributed by atoms with van der Waals surface area (Å²) in [6.07, 6.45) is 3.93. The molecular weight excluding hydrogens is 462 g/mol. The summed E-state index contributed by atoms with van der Waals surface area (Å²) in [6.45, 7) is 4.44. The zero-order chi connectivity index (χ0) is 24.8. The average Bonchev–Trinajstić information content (AvgIpc) is 2.81. The van der Waals surface area contributed by atoms with Gasteiger partial charge >= 0.3 is 0 Å². The van der Waals surface area contributed by atoms with Gasteiger partial charge in [-0.2, -0.15) is 0 Å². The molecule has 0 saturated carbocycles. The number of benzene rings is 2. The molecule has 0 amide bonds. The first-order valence-electron chi connectivity index (χ1n) is 11.8. The molecule has 186 valence electrons. The molecule has 1 fully saturated rings. The van der Waals surface area contributed by atoms with Crippen LogP contribution in [0, 0.1) is 0 Å². The summed E-state index contributed by atoms with van der Waals surface area (Å²) < 4.78 is 35.1. The van der Waals surface area contributed by atoms with Gasteiger partial charge in [-0.3, -0.25) is 4.90 Å². The Morgan fingerprint density at radius 3 is 2.20 bits per heavy atom. The van der Waals surface area contributed by atoms with E-state index in [0.29, 0.717) is 0 Å². The number of sulfone groups is 1. The summed E-state index contributed by atoms with van der Waals surface area (Å²) in [5, 5.41) is 0.0793. The number of nitrogens with zero attached hydrogens (tertiary/aromatic N) is 3. The van der Waals surface area contributed by atoms with Crippen molar-refractivity contribution in [2.75, 3.05) is 46.6 Å². The molecule has 7 nitrogen and oxygen atoms in total. The maximum absolute atomic E-state index is 11.6. The van der Waals surface area contributed by atoms with Crippen molar-refractivity contribution in [3.63, 3.8) is 0 Å². The lowest BCUT2D eigenvalue weighted by atomic mass is 10.1. The normalized spacial score (nSPS) is 14.6. The highest BCUT2D eigenvalue weighted by molar-refractivity contribution is 7.90. The van der Waals surface area contributed by atoms with Gasteiger partial charge in [-0.05, 0) is 68.0 Å². The number of likely N-dealkylation sites (tertiary alicyclic amines) is 1. The van der Waals surface area contributed by atoms with E-state index in [0.717, 1.165) is 68.1 Å². The summed E-state index contributed by atoms with van der Waals surface area (Å²) in [6, 6.07) is 19.5. The number of rotatable bonds is 11. The molecule has 0 atom stereocenters. The lowest BCUT2D eigenvalue weighted by Crippen LogP contribution is -2.53. The maximum atomic E-state index is 11.6. The minimum Gasteiger partial charge on any atom is -0.494 e. The van der Waals surface area contributed by atoms with Crippen molar-refractivity contribution in [2.24, 2.45) is 0 Å². The fourth-order valence-electron chi connectivity index (χ4n) is 3.94. The van der Waals surface area contributed by atoms with Crippen molar-refractivity contribution in [3.05, 3.63) is 72.4 Å². The van der Waals surface area contributed by atoms with Crippen LogP contribution >= 0.6 is 0 Å². The quantitative estimate of drug-likeness (QED) is 0.375. The molecule has 4 rings (SSSR count). The molecule has 1 saturated heterocycles. The Kier molecular flexibility index (Phi) is 8.05. The van der Waals surface area contributed by atoms with Crippen molar-refractivity contribution in [1.82, 2.24) is 14.8 Å². The predicted octanol–water partition coefficient (Wildman–Crippen LogP) is 3.75. The second kappa shape index (κ2) is 11.2. The lowest BCUT2D eigenvalue weighted by Gasteiger charge is -2.39. The fourth-order valence-corrected chi connectivity index (χ4v) is 4.49. The van der Waals surface area contributed by atoms with Crippen LogP contribution in [0.25, 0.3) is 11.1 Å². The predicted molar refractivity (Wildman–Crippen MR) is 138 cm³/mol. The first-order chi connectivity index (χ1) is 16.8. The molecule has 8 heteroatoms. The van der Waals surface area contributed by atoms with E-state index in [2.05, 4.69) is 41.0 Å². The topological polar surface area (TPSA) is 72.0 Å². The summed E-state index contributed by atoms with van der Waals surface area (Å²) in [5.74, 6) is 1.75. The fraction of sp³-hybridized carbons (Fsp3) is 0.370. The minimum absolute atomic E-state index is 0.0793. The molecule has 1 aliphatic rings. The molecule has 3 aromatic rings. The van der Waals surface area contributed by atoms with E-state index in [4.69, 9.17) is 9.47 Å². The second-order valence-electron chi connectivity index (χ2n) is 9.26. The third-order valence-corrected chi connectivity index (χ3v) is 6.88. The highest BCUT2D eigenvalue weighted by atomic mass is 32.2. The number of hydrogen-bond donors (Lipinski definition) is 0. The standard InChI is InChI=1S/C27H33N3O4S/c1-29(2)15-4-16-33-24-10-5-21(6-11-24)18-30-19-26(20-30)34-25-12-7-22(8-13-25)23-9-14-27(28-17-23)35(3,31)32/h5-14,17,26H,4,15-16,18-20H2,1-3H3. The first kappa shape index (κ1) is 25.2. The van der Waals surface area contributed by atoms with Gasteiger partial charge in [0, 0.05) is 44.2 Å². The number of ether oxygens (including phenoxy) is 2. The number of pyridine rings is 1. The summed E-state index contributed by atoms with van der Waals surface area (Å²) in [7, 11) is 0.845. The van der Waals surface area contributed by atoms with E-state index < -0.39 is 9.84 Å². The van der Waals surface area contributed by atoms with Crippen LogP contribution < -0.4 is 9.47 Å². The molecule has 1 aromatic heterocycles. The number of hydrogen-bond acceptors (Lipinski definition) is 7. The van der Waals surface area contributed by atoms with Crippen LogP contribution in [0.1, 0.15) is 12.0 Å². The van der Waals surface area contributed by atoms with Gasteiger partial charge in [0.25, 0.3) is 0 Å². The Morgan fingerprint density at radius 1 is 0.943 bits per heavy atom. The number of aromatic nitrogens is 1. The molecule has 0 unspecified atom stereocenters. The van der Waals surface area contributed by atoms with Gasteiger partial charge in [0.15, 0.2) is 14.9 Å². The highest BCUT2D eigenvalue weighted by Crippen LogP contribution is 2.25. The molecule has 0 aliphatic carbocycles. The van der Waals surface area contributed by atoms with Crippen LogP contribution in [0.15, 0.2) is 71.9 Å². The van der Waals surface area contributed by atoms with Crippen molar-refractivity contribution in [3.8, 4) is 22.6 Å². The largest absolute Gasteiger partial charge is 0.494 e. The van der Waals surface area contributed by atoms with Crippen LogP contribution in [0.2, 0.25) is 0 Å². The van der Waals surface area contributed by atoms with E-state index >= 15 is 0 Å². The zero-order valence-electron chi connectivity index (χ0n) is 20.6. The first-order valence-corrected chi connectivity index (χ1v) is 13.7. The van der Waals surface area contributed by atoms with Crippen LogP contribution in [0.3, 0.4) is 0 Å². The van der Waals surface area contributed by atoms with E-state index in [1.165, 1.54) is 11.6 Å². The van der Waals surface area contributed by atoms with Gasteiger partial charge in [0.2, 0.25) is 0 Å². The molecule has 35 heavy (non-hydrogen) atoms. The molecular formula is C27H33N3O4S. The smallest absolute Gasteiger partial charge is 0.192 e. The highest BCUT2D eigenvalue weighted by Gasteiger charge is 2.28. The Bertz CT molecular complexity index is 1190. The van der Waals surface area contributed by atoms with Crippen LogP contribution in [0.4, 0.5) is 0 Å². The monoisotopic (exact) mass is 495 g/mol. The van der Waals surface area contributed by atoms with Crippen molar-refractivity contribution in [2.45, 2.75) is 24.1 Å². The molecule has 2 heterocycles. The van der Waals surface area contributed by atoms with Gasteiger partial charge in [0.05, 0.1) is 6.61 Å². The van der Waals surface area contributed by atoms with Gasteiger partial charge in [-0.25, -0.2) is 13.4 Å². The van der Waals surface area contributed by atoms with Crippen molar-refractivity contribution in [1.29, 1.82) is 0 Å². The molecule has 0 radical (unpaired) electrons. The van der Waals surface area contributed by atoms with Gasteiger partial charge in [-0.15, -0.1) is 0 Å². The van der Waals surface area contributed by atoms with Crippen molar-refractivity contribution >= 4 is 9.84 Å². The molecule has 0 bridgehead atoms. The van der Waals surface area contributed by atoms with Gasteiger partial charge in [0.1, 0.15) is 17.6 Å². The molecule has 0 N–H and O–H groups in total. The van der Waals surface area contributed by atoms with Gasteiger partial charge in [-0.1, -0.05) is 24.3 Å². The Morgan fingerprint density at radius 2 is 1.60 bits per heavy atom. The average molecular weight is 496 g/mol. The Balaban J connectivity index is 1.20. The molecule has 2 aromatic carbocycles. The van der Waals surface area contributed by atoms with Gasteiger partial charge < -0.3 is 14.4 Å². The Labute approximate surface area is 208 Å². The summed E-state index contributed by atoms with van der Waals surface area (Å²) >= 11 is 0. The van der Waals surface area contributed by atoms with E-state index in [-0.39, 0.29) is 11.1 Å². The molecule has 1 aliphatic heterocycles. The van der Waals surface area contributed by atoms with E-state index in [1.807, 2.05) is 36.4 Å². The maximum Gasteiger partial charge on any atom is 0.192 e. The lowest BCUT2D eigenvalue weighted by molar-refractivity contribution is 0.0146. The minimum atomic E-state index is -3.29.